The van der Waals surface area contributed by atoms with Crippen molar-refractivity contribution in [2.24, 2.45) is 5.73 Å². The number of rotatable bonds is 2. The van der Waals surface area contributed by atoms with Crippen LogP contribution >= 0.6 is 40.0 Å². The molecule has 0 bridgehead atoms. The molecule has 6 heteroatoms. The molecule has 0 aliphatic carbocycles. The van der Waals surface area contributed by atoms with Gasteiger partial charge in [-0.15, -0.1) is 5.92 Å². The third-order valence-electron chi connectivity index (χ3n) is 0.736. The second kappa shape index (κ2) is 14.6. The molecule has 0 aromatic heterocycles. The van der Waals surface area contributed by atoms with E-state index in [1.54, 1.807) is 6.92 Å². The van der Waals surface area contributed by atoms with E-state index in [2.05, 4.69) is 57.1 Å². The average molecular weight is 431 g/mol. The molecule has 1 amide bonds. The summed E-state index contributed by atoms with van der Waals surface area (Å²) in [5.41, 5.74) is 4.99. The molecular formula is C6H10I2N2OV. The van der Waals surface area contributed by atoms with Gasteiger partial charge >= 0.3 is 49.4 Å². The molecule has 0 fully saturated rings. The number of nitrogens with one attached hydrogen (secondary N) is 1. The molecule has 0 unspecified atom stereocenters. The summed E-state index contributed by atoms with van der Waals surface area (Å²) in [6.45, 7) is 2.15. The molecule has 0 aromatic carbocycles. The SMILES string of the molecule is CC#CCNC(=O)CN.[I][V][I]. The predicted octanol–water partition coefficient (Wildman–Crippen LogP) is 0.854. The van der Waals surface area contributed by atoms with Crippen LogP contribution in [0.2, 0.25) is 0 Å². The van der Waals surface area contributed by atoms with E-state index in [-0.39, 0.29) is 12.5 Å². The molecule has 0 aromatic rings. The Morgan fingerprint density at radius 3 is 2.50 bits per heavy atom. The monoisotopic (exact) mass is 431 g/mol. The average Bonchev–Trinajstić information content (AvgIpc) is 2.06. The topological polar surface area (TPSA) is 55.1 Å². The van der Waals surface area contributed by atoms with Crippen LogP contribution in [0, 0.1) is 11.8 Å². The molecule has 0 aliphatic rings. The Hall–Kier alpha value is 1.03. The summed E-state index contributed by atoms with van der Waals surface area (Å²) < 4.78 is 0. The van der Waals surface area contributed by atoms with Crippen molar-refractivity contribution >= 4 is 45.9 Å². The second-order valence-corrected chi connectivity index (χ2v) is 13.3. The first-order valence-electron chi connectivity index (χ1n) is 3.01. The van der Waals surface area contributed by atoms with Crippen molar-refractivity contribution in [2.45, 2.75) is 6.92 Å². The maximum atomic E-state index is 10.4. The Bertz CT molecular complexity index is 167. The number of hydrogen-bond donors (Lipinski definition) is 2. The van der Waals surface area contributed by atoms with Gasteiger partial charge in [-0.25, -0.2) is 0 Å². The molecule has 3 N–H and O–H groups in total. The Morgan fingerprint density at radius 1 is 1.67 bits per heavy atom. The Kier molecular flexibility index (Phi) is 18.8. The van der Waals surface area contributed by atoms with Gasteiger partial charge in [-0.2, -0.15) is 0 Å². The van der Waals surface area contributed by atoms with Crippen LogP contribution in [0.3, 0.4) is 0 Å². The quantitative estimate of drug-likeness (QED) is 0.504. The summed E-state index contributed by atoms with van der Waals surface area (Å²) in [6, 6.07) is 0. The molecule has 0 spiro atoms. The number of hydrogen-bond acceptors (Lipinski definition) is 2. The van der Waals surface area contributed by atoms with Crippen LogP contribution in [0.1, 0.15) is 6.92 Å². The molecule has 0 heterocycles. The van der Waals surface area contributed by atoms with Crippen LogP contribution in [-0.2, 0) is 14.3 Å². The number of carbonyl (C=O) groups excluding carboxylic acids is 1. The minimum atomic E-state index is -0.169. The van der Waals surface area contributed by atoms with Crippen LogP contribution in [0.4, 0.5) is 0 Å². The van der Waals surface area contributed by atoms with E-state index in [0.29, 0.717) is 16.0 Å². The van der Waals surface area contributed by atoms with Crippen molar-refractivity contribution in [2.75, 3.05) is 13.1 Å². The molecule has 0 rings (SSSR count). The third-order valence-corrected chi connectivity index (χ3v) is 0.736. The van der Waals surface area contributed by atoms with Gasteiger partial charge in [0.05, 0.1) is 13.1 Å². The minimum absolute atomic E-state index is 0.0331. The van der Waals surface area contributed by atoms with Crippen LogP contribution in [-0.4, -0.2) is 19.0 Å². The maximum absolute atomic E-state index is 10.4. The normalized spacial score (nSPS) is 6.67. The molecule has 3 nitrogen and oxygen atoms in total. The zero-order valence-corrected chi connectivity index (χ0v) is 12.3. The third kappa shape index (κ3) is 17.2. The number of halogens is 2. The van der Waals surface area contributed by atoms with E-state index < -0.39 is 0 Å². The molecule has 12 heavy (non-hydrogen) atoms. The van der Waals surface area contributed by atoms with Crippen molar-refractivity contribution < 1.29 is 14.3 Å². The fourth-order valence-electron chi connectivity index (χ4n) is 0.303. The summed E-state index contributed by atoms with van der Waals surface area (Å²) in [7, 11) is 0.628. The van der Waals surface area contributed by atoms with Gasteiger partial charge in [0.25, 0.3) is 0 Å². The van der Waals surface area contributed by atoms with Crippen LogP contribution in [0.15, 0.2) is 0 Å². The second-order valence-electron chi connectivity index (χ2n) is 1.47. The summed E-state index contributed by atoms with van der Waals surface area (Å²) in [5, 5.41) is 2.50. The number of carbonyl (C=O) groups is 1. The van der Waals surface area contributed by atoms with Gasteiger partial charge in [0.1, 0.15) is 0 Å². The zero-order valence-electron chi connectivity index (χ0n) is 6.60. The zero-order chi connectivity index (χ0) is 9.82. The standard InChI is InChI=1S/C6H10N2O.2HI.V/c1-2-3-4-8-6(9)5-7;;;/h4-5,7H2,1H3,(H,8,9);2*1H;/q;;;+2/p-2. The number of nitrogens with two attached hydrogens (primary N) is 1. The van der Waals surface area contributed by atoms with E-state index in [4.69, 9.17) is 5.73 Å². The first kappa shape index (κ1) is 15.5. The first-order chi connectivity index (χ1) is 5.72. The summed E-state index contributed by atoms with van der Waals surface area (Å²) in [4.78, 5) is 10.4. The van der Waals surface area contributed by atoms with Crippen LogP contribution in [0.25, 0.3) is 0 Å². The summed E-state index contributed by atoms with van der Waals surface area (Å²) in [5.74, 6) is 5.15. The molecule has 0 saturated heterocycles. The fourth-order valence-corrected chi connectivity index (χ4v) is 0.303. The summed E-state index contributed by atoms with van der Waals surface area (Å²) >= 11 is 4.74. The summed E-state index contributed by atoms with van der Waals surface area (Å²) in [6.07, 6.45) is 0. The van der Waals surface area contributed by atoms with E-state index in [0.717, 1.165) is 0 Å². The van der Waals surface area contributed by atoms with Crippen molar-refractivity contribution in [3.05, 3.63) is 0 Å². The predicted molar refractivity (Wildman–Crippen MR) is 63.6 cm³/mol. The van der Waals surface area contributed by atoms with Gasteiger partial charge in [-0.3, -0.25) is 4.79 Å². The van der Waals surface area contributed by atoms with E-state index in [1.165, 1.54) is 0 Å². The van der Waals surface area contributed by atoms with Gasteiger partial charge in [0.2, 0.25) is 5.91 Å². The van der Waals surface area contributed by atoms with Crippen LogP contribution in [0.5, 0.6) is 0 Å². The Morgan fingerprint density at radius 2 is 2.17 bits per heavy atom. The fraction of sp³-hybridized carbons (Fsp3) is 0.500. The molecule has 0 aliphatic heterocycles. The molecular weight excluding hydrogens is 421 g/mol. The van der Waals surface area contributed by atoms with E-state index in [1.807, 2.05) is 0 Å². The van der Waals surface area contributed by atoms with Crippen molar-refractivity contribution in [3.8, 4) is 11.8 Å². The molecule has 0 saturated carbocycles. The van der Waals surface area contributed by atoms with Crippen molar-refractivity contribution in [1.29, 1.82) is 0 Å². The van der Waals surface area contributed by atoms with E-state index >= 15 is 0 Å². The van der Waals surface area contributed by atoms with Gasteiger partial charge < -0.3 is 11.1 Å². The number of amides is 1. The van der Waals surface area contributed by atoms with Gasteiger partial charge in [0.15, 0.2) is 0 Å². The van der Waals surface area contributed by atoms with Gasteiger partial charge in [0, 0.05) is 0 Å². The Balaban J connectivity index is 0. The van der Waals surface area contributed by atoms with Gasteiger partial charge in [-0.1, -0.05) is 5.92 Å². The van der Waals surface area contributed by atoms with E-state index in [9.17, 15) is 4.79 Å². The van der Waals surface area contributed by atoms with Gasteiger partial charge in [-0.05, 0) is 6.92 Å². The Labute approximate surface area is 102 Å². The molecule has 0 atom stereocenters. The molecule has 0 radical (unpaired) electrons. The first-order valence-corrected chi connectivity index (χ1v) is 12.0. The van der Waals surface area contributed by atoms with Crippen molar-refractivity contribution in [3.63, 3.8) is 0 Å². The molecule has 69 valence electrons. The van der Waals surface area contributed by atoms with Crippen molar-refractivity contribution in [1.82, 2.24) is 5.32 Å². The van der Waals surface area contributed by atoms with Crippen LogP contribution < -0.4 is 11.1 Å².